The molecule has 1 amide bonds. The van der Waals surface area contributed by atoms with Gasteiger partial charge in [0, 0.05) is 25.0 Å². The zero-order valence-corrected chi connectivity index (χ0v) is 18.5. The summed E-state index contributed by atoms with van der Waals surface area (Å²) >= 11 is 0. The van der Waals surface area contributed by atoms with Gasteiger partial charge in [0.1, 0.15) is 29.4 Å². The largest absolute Gasteiger partial charge is 0.494 e. The number of nitrogens with zero attached hydrogens (tertiary/aromatic N) is 7. The van der Waals surface area contributed by atoms with Crippen LogP contribution in [0.15, 0.2) is 36.8 Å². The molecule has 3 heterocycles. The van der Waals surface area contributed by atoms with Crippen LogP contribution >= 0.6 is 0 Å². The Morgan fingerprint density at radius 1 is 1.12 bits per heavy atom. The van der Waals surface area contributed by atoms with E-state index in [1.807, 2.05) is 19.1 Å². The fourth-order valence-corrected chi connectivity index (χ4v) is 3.23. The third-order valence-corrected chi connectivity index (χ3v) is 4.57. The second-order valence-corrected chi connectivity index (χ2v) is 7.14. The lowest BCUT2D eigenvalue weighted by atomic mass is 10.1. The van der Waals surface area contributed by atoms with E-state index < -0.39 is 5.91 Å². The van der Waals surface area contributed by atoms with Gasteiger partial charge in [-0.15, -0.1) is 0 Å². The van der Waals surface area contributed by atoms with Crippen LogP contribution in [0.3, 0.4) is 0 Å². The van der Waals surface area contributed by atoms with Crippen LogP contribution < -0.4 is 21.1 Å². The zero-order valence-electron chi connectivity index (χ0n) is 18.5. The summed E-state index contributed by atoms with van der Waals surface area (Å²) in [7, 11) is 3.31. The lowest BCUT2D eigenvalue weighted by Gasteiger charge is -2.15. The monoisotopic (exact) mass is 446 g/mol. The molecule has 4 aromatic rings. The summed E-state index contributed by atoms with van der Waals surface area (Å²) in [5, 5.41) is 10.5. The van der Waals surface area contributed by atoms with Gasteiger partial charge in [-0.25, -0.2) is 19.9 Å². The van der Waals surface area contributed by atoms with E-state index in [0.29, 0.717) is 34.5 Å². The van der Waals surface area contributed by atoms with E-state index in [9.17, 15) is 4.79 Å². The van der Waals surface area contributed by atoms with E-state index in [-0.39, 0.29) is 17.3 Å². The van der Waals surface area contributed by atoms with Gasteiger partial charge in [-0.05, 0) is 26.0 Å². The summed E-state index contributed by atoms with van der Waals surface area (Å²) in [4.78, 5) is 33.5. The van der Waals surface area contributed by atoms with E-state index in [4.69, 9.17) is 10.5 Å². The summed E-state index contributed by atoms with van der Waals surface area (Å²) in [6, 6.07) is 7.19. The molecule has 0 unspecified atom stereocenters. The van der Waals surface area contributed by atoms with Crippen molar-refractivity contribution in [2.45, 2.75) is 13.8 Å². The molecule has 168 valence electrons. The number of aryl methyl sites for hydroxylation is 3. The van der Waals surface area contributed by atoms with Gasteiger partial charge in [0.2, 0.25) is 5.95 Å². The first kappa shape index (κ1) is 21.6. The Bertz CT molecular complexity index is 1310. The second-order valence-electron chi connectivity index (χ2n) is 7.14. The Morgan fingerprint density at radius 2 is 1.94 bits per heavy atom. The molecule has 12 heteroatoms. The first-order chi connectivity index (χ1) is 15.8. The minimum absolute atomic E-state index is 0.110. The second kappa shape index (κ2) is 8.86. The Morgan fingerprint density at radius 3 is 2.61 bits per heavy atom. The van der Waals surface area contributed by atoms with Crippen LogP contribution in [0.2, 0.25) is 0 Å². The summed E-state index contributed by atoms with van der Waals surface area (Å²) in [6.45, 7) is 3.65. The molecule has 0 aliphatic carbocycles. The van der Waals surface area contributed by atoms with Crippen LogP contribution in [-0.4, -0.2) is 47.7 Å². The van der Waals surface area contributed by atoms with Crippen molar-refractivity contribution in [1.82, 2.24) is 34.7 Å². The zero-order chi connectivity index (χ0) is 23.5. The molecule has 0 saturated heterocycles. The number of carbonyl (C=O) groups is 1. The van der Waals surface area contributed by atoms with Gasteiger partial charge >= 0.3 is 0 Å². The Balaban J connectivity index is 1.72. The average molecular weight is 446 g/mol. The number of aromatic nitrogens is 7. The normalized spacial score (nSPS) is 10.7. The van der Waals surface area contributed by atoms with Crippen LogP contribution in [0.25, 0.3) is 11.4 Å². The van der Waals surface area contributed by atoms with Gasteiger partial charge in [0.15, 0.2) is 11.6 Å². The molecule has 33 heavy (non-hydrogen) atoms. The van der Waals surface area contributed by atoms with Crippen molar-refractivity contribution < 1.29 is 9.53 Å². The van der Waals surface area contributed by atoms with Crippen molar-refractivity contribution in [1.29, 1.82) is 0 Å². The third kappa shape index (κ3) is 4.69. The van der Waals surface area contributed by atoms with Crippen molar-refractivity contribution >= 4 is 29.2 Å². The molecule has 0 aliphatic heterocycles. The molecule has 3 aromatic heterocycles. The molecule has 0 bridgehead atoms. The van der Waals surface area contributed by atoms with E-state index in [1.54, 1.807) is 37.1 Å². The SMILES string of the molecule is COc1c(Nc2nc(Nc3cc(C)nc(C)n3)ncc2C(N)=O)cccc1-c1ncn(C)n1. The maximum Gasteiger partial charge on any atom is 0.254 e. The number of hydrogen-bond acceptors (Lipinski definition) is 10. The van der Waals surface area contributed by atoms with Crippen LogP contribution in [0, 0.1) is 13.8 Å². The highest BCUT2D eigenvalue weighted by Crippen LogP contribution is 2.36. The van der Waals surface area contributed by atoms with Gasteiger partial charge in [-0.2, -0.15) is 10.1 Å². The maximum absolute atomic E-state index is 12.0. The fraction of sp³-hybridized carbons (Fsp3) is 0.190. The highest BCUT2D eigenvalue weighted by Gasteiger charge is 2.18. The van der Waals surface area contributed by atoms with Crippen molar-refractivity contribution in [3.63, 3.8) is 0 Å². The van der Waals surface area contributed by atoms with Gasteiger partial charge < -0.3 is 21.1 Å². The Hall–Kier alpha value is -4.61. The molecule has 0 radical (unpaired) electrons. The van der Waals surface area contributed by atoms with E-state index in [2.05, 4.69) is 40.7 Å². The van der Waals surface area contributed by atoms with Gasteiger partial charge in [-0.1, -0.05) is 6.07 Å². The topological polar surface area (TPSA) is 159 Å². The van der Waals surface area contributed by atoms with Crippen LogP contribution in [-0.2, 0) is 7.05 Å². The molecule has 4 N–H and O–H groups in total. The van der Waals surface area contributed by atoms with Crippen LogP contribution in [0.1, 0.15) is 21.9 Å². The van der Waals surface area contributed by atoms with Crippen LogP contribution in [0.5, 0.6) is 5.75 Å². The quantitative estimate of drug-likeness (QED) is 0.384. The summed E-state index contributed by atoms with van der Waals surface area (Å²) < 4.78 is 7.22. The van der Waals surface area contributed by atoms with Crippen molar-refractivity contribution in [3.05, 3.63) is 53.9 Å². The fourth-order valence-electron chi connectivity index (χ4n) is 3.23. The molecule has 4 rings (SSSR count). The summed E-state index contributed by atoms with van der Waals surface area (Å²) in [6.07, 6.45) is 2.94. The number of amides is 1. The number of benzene rings is 1. The first-order valence-electron chi connectivity index (χ1n) is 9.90. The van der Waals surface area contributed by atoms with Crippen LogP contribution in [0.4, 0.5) is 23.3 Å². The van der Waals surface area contributed by atoms with E-state index in [0.717, 1.165) is 5.69 Å². The van der Waals surface area contributed by atoms with Crippen molar-refractivity contribution in [2.75, 3.05) is 17.7 Å². The molecule has 0 fully saturated rings. The molecular weight excluding hydrogens is 424 g/mol. The average Bonchev–Trinajstić information content (AvgIpc) is 3.19. The molecule has 0 saturated carbocycles. The number of para-hydroxylation sites is 1. The van der Waals surface area contributed by atoms with Crippen molar-refractivity contribution in [2.24, 2.45) is 12.8 Å². The number of anilines is 4. The smallest absolute Gasteiger partial charge is 0.254 e. The third-order valence-electron chi connectivity index (χ3n) is 4.57. The number of methoxy groups -OCH3 is 1. The molecule has 0 aliphatic rings. The number of primary amides is 1. The minimum atomic E-state index is -0.681. The number of nitrogens with two attached hydrogens (primary N) is 1. The Kier molecular flexibility index (Phi) is 5.81. The molecule has 12 nitrogen and oxygen atoms in total. The van der Waals surface area contributed by atoms with Gasteiger partial charge in [-0.3, -0.25) is 9.48 Å². The number of hydrogen-bond donors (Lipinski definition) is 3. The summed E-state index contributed by atoms with van der Waals surface area (Å²) in [5.41, 5.74) is 7.67. The number of ether oxygens (including phenoxy) is 1. The Labute approximate surface area is 189 Å². The van der Waals surface area contributed by atoms with Crippen molar-refractivity contribution in [3.8, 4) is 17.1 Å². The lowest BCUT2D eigenvalue weighted by Crippen LogP contribution is -2.16. The van der Waals surface area contributed by atoms with Gasteiger partial charge in [0.25, 0.3) is 5.91 Å². The minimum Gasteiger partial charge on any atom is -0.494 e. The van der Waals surface area contributed by atoms with E-state index >= 15 is 0 Å². The summed E-state index contributed by atoms with van der Waals surface area (Å²) in [5.74, 6) is 1.85. The predicted molar refractivity (Wildman–Crippen MR) is 122 cm³/mol. The highest BCUT2D eigenvalue weighted by atomic mass is 16.5. The number of carbonyl (C=O) groups excluding carboxylic acids is 1. The number of rotatable bonds is 7. The number of nitrogens with one attached hydrogen (secondary N) is 2. The lowest BCUT2D eigenvalue weighted by molar-refractivity contribution is 0.100. The molecule has 1 aromatic carbocycles. The predicted octanol–water partition coefficient (Wildman–Crippen LogP) is 2.27. The molecule has 0 atom stereocenters. The van der Waals surface area contributed by atoms with Gasteiger partial charge in [0.05, 0.1) is 18.4 Å². The first-order valence-corrected chi connectivity index (χ1v) is 9.90. The van der Waals surface area contributed by atoms with E-state index in [1.165, 1.54) is 13.3 Å². The molecular formula is C21H22N10O2. The maximum atomic E-state index is 12.0. The molecule has 0 spiro atoms. The standard InChI is InChI=1S/C21H22N10O2/c1-11-8-16(26-12(2)25-11)28-21-23-9-14(18(22)32)20(29-21)27-15-7-5-6-13(17(15)33-4)19-24-10-31(3)30-19/h5-10H,1-4H3,(H2,22,32)(H2,23,25,26,27,28,29). The highest BCUT2D eigenvalue weighted by molar-refractivity contribution is 5.98.